The van der Waals surface area contributed by atoms with Gasteiger partial charge in [0.1, 0.15) is 11.6 Å². The molecule has 17 heavy (non-hydrogen) atoms. The number of nitrogens with one attached hydrogen (secondary N) is 1. The summed E-state index contributed by atoms with van der Waals surface area (Å²) in [5.74, 6) is -0.448. The zero-order valence-corrected chi connectivity index (χ0v) is 9.28. The smallest absolute Gasteiger partial charge is 0.258 e. The Bertz CT molecular complexity index is 418. The number of aliphatic hydroxyl groups is 1. The molecule has 0 aliphatic heterocycles. The minimum absolute atomic E-state index is 0.134. The molecule has 2 rings (SSSR count). The number of carbonyl (C=O) groups is 1. The molecule has 4 nitrogen and oxygen atoms in total. The highest BCUT2D eigenvalue weighted by molar-refractivity contribution is 5.78. The lowest BCUT2D eigenvalue weighted by atomic mass is 10.2. The van der Waals surface area contributed by atoms with Crippen molar-refractivity contribution < 1.29 is 19.0 Å². The number of hydrogen-bond acceptors (Lipinski definition) is 3. The molecule has 0 radical (unpaired) electrons. The Morgan fingerprint density at radius 3 is 2.88 bits per heavy atom. The van der Waals surface area contributed by atoms with Gasteiger partial charge in [0.2, 0.25) is 0 Å². The average Bonchev–Trinajstić information content (AvgIpc) is 3.09. The van der Waals surface area contributed by atoms with E-state index < -0.39 is 5.82 Å². The highest BCUT2D eigenvalue weighted by Crippen LogP contribution is 2.19. The van der Waals surface area contributed by atoms with Gasteiger partial charge in [-0.2, -0.15) is 0 Å². The minimum Gasteiger partial charge on any atom is -0.484 e. The van der Waals surface area contributed by atoms with Crippen LogP contribution in [-0.4, -0.2) is 23.7 Å². The second-order valence-corrected chi connectivity index (χ2v) is 4.08. The van der Waals surface area contributed by atoms with Crippen molar-refractivity contribution in [2.24, 2.45) is 0 Å². The third-order valence-corrected chi connectivity index (χ3v) is 2.43. The van der Waals surface area contributed by atoms with Crippen molar-refractivity contribution in [2.75, 3.05) is 6.61 Å². The van der Waals surface area contributed by atoms with Crippen LogP contribution in [0.15, 0.2) is 18.2 Å². The lowest BCUT2D eigenvalue weighted by Gasteiger charge is -2.08. The molecule has 0 saturated heterocycles. The van der Waals surface area contributed by atoms with Gasteiger partial charge in [-0.15, -0.1) is 0 Å². The molecule has 2 N–H and O–H groups in total. The summed E-state index contributed by atoms with van der Waals surface area (Å²) in [7, 11) is 0. The van der Waals surface area contributed by atoms with E-state index in [4.69, 9.17) is 9.84 Å². The fraction of sp³-hybridized carbons (Fsp3) is 0.417. The summed E-state index contributed by atoms with van der Waals surface area (Å²) in [6, 6.07) is 4.19. The van der Waals surface area contributed by atoms with Crippen LogP contribution in [0.4, 0.5) is 4.39 Å². The van der Waals surface area contributed by atoms with Gasteiger partial charge in [-0.1, -0.05) is 0 Å². The number of rotatable bonds is 5. The number of ether oxygens (including phenoxy) is 1. The van der Waals surface area contributed by atoms with Crippen LogP contribution >= 0.6 is 0 Å². The largest absolute Gasteiger partial charge is 0.484 e. The Kier molecular flexibility index (Phi) is 3.58. The summed E-state index contributed by atoms with van der Waals surface area (Å²) >= 11 is 0. The lowest BCUT2D eigenvalue weighted by molar-refractivity contribution is -0.123. The molecular weight excluding hydrogens is 225 g/mol. The van der Waals surface area contributed by atoms with E-state index in [1.54, 1.807) is 0 Å². The second kappa shape index (κ2) is 5.14. The van der Waals surface area contributed by atoms with E-state index in [0.717, 1.165) is 12.8 Å². The Morgan fingerprint density at radius 1 is 1.47 bits per heavy atom. The number of carbonyl (C=O) groups excluding carboxylic acids is 1. The van der Waals surface area contributed by atoms with Gasteiger partial charge in [0.15, 0.2) is 6.61 Å². The first-order valence-corrected chi connectivity index (χ1v) is 5.50. The molecule has 0 spiro atoms. The molecule has 92 valence electrons. The summed E-state index contributed by atoms with van der Waals surface area (Å²) in [6.45, 7) is -0.396. The van der Waals surface area contributed by atoms with E-state index in [-0.39, 0.29) is 30.9 Å². The van der Waals surface area contributed by atoms with E-state index in [1.807, 2.05) is 0 Å². The summed E-state index contributed by atoms with van der Waals surface area (Å²) in [6.07, 6.45) is 2.03. The van der Waals surface area contributed by atoms with Crippen LogP contribution in [-0.2, 0) is 11.4 Å². The minimum atomic E-state index is -0.492. The van der Waals surface area contributed by atoms with Crippen molar-refractivity contribution in [3.8, 4) is 5.75 Å². The fourth-order valence-corrected chi connectivity index (χ4v) is 1.44. The van der Waals surface area contributed by atoms with Crippen LogP contribution in [0.25, 0.3) is 0 Å². The second-order valence-electron chi connectivity index (χ2n) is 4.08. The van der Waals surface area contributed by atoms with Gasteiger partial charge in [0, 0.05) is 12.1 Å². The van der Waals surface area contributed by atoms with Crippen molar-refractivity contribution in [1.29, 1.82) is 0 Å². The van der Waals surface area contributed by atoms with E-state index in [1.165, 1.54) is 18.2 Å². The van der Waals surface area contributed by atoms with Gasteiger partial charge in [-0.05, 0) is 30.5 Å². The van der Waals surface area contributed by atoms with Crippen molar-refractivity contribution >= 4 is 5.91 Å². The quantitative estimate of drug-likeness (QED) is 0.805. The van der Waals surface area contributed by atoms with Crippen LogP contribution in [0.2, 0.25) is 0 Å². The zero-order valence-electron chi connectivity index (χ0n) is 9.28. The molecule has 1 aliphatic rings. The number of hydrogen-bond donors (Lipinski definition) is 2. The van der Waals surface area contributed by atoms with E-state index in [2.05, 4.69) is 5.32 Å². The molecular formula is C12H14FNO3. The number of benzene rings is 1. The van der Waals surface area contributed by atoms with Crippen LogP contribution in [0.3, 0.4) is 0 Å². The highest BCUT2D eigenvalue weighted by Gasteiger charge is 2.23. The van der Waals surface area contributed by atoms with Crippen LogP contribution < -0.4 is 10.1 Å². The van der Waals surface area contributed by atoms with Crippen LogP contribution in [0.5, 0.6) is 5.75 Å². The molecule has 0 heterocycles. The Balaban J connectivity index is 1.88. The lowest BCUT2D eigenvalue weighted by Crippen LogP contribution is -2.30. The van der Waals surface area contributed by atoms with Crippen molar-refractivity contribution in [3.63, 3.8) is 0 Å². The number of amides is 1. The molecule has 1 aromatic rings. The summed E-state index contributed by atoms with van der Waals surface area (Å²) in [5.41, 5.74) is 0.419. The Labute approximate surface area is 98.4 Å². The topological polar surface area (TPSA) is 58.6 Å². The van der Waals surface area contributed by atoms with Crippen molar-refractivity contribution in [2.45, 2.75) is 25.5 Å². The van der Waals surface area contributed by atoms with E-state index in [0.29, 0.717) is 5.56 Å². The Morgan fingerprint density at radius 2 is 2.24 bits per heavy atom. The summed E-state index contributed by atoms with van der Waals surface area (Å²) in [4.78, 5) is 11.3. The molecule has 1 saturated carbocycles. The monoisotopic (exact) mass is 239 g/mol. The normalized spacial score (nSPS) is 14.5. The van der Waals surface area contributed by atoms with Gasteiger partial charge in [0.25, 0.3) is 5.91 Å². The van der Waals surface area contributed by atoms with Gasteiger partial charge in [-0.3, -0.25) is 4.79 Å². The van der Waals surface area contributed by atoms with E-state index >= 15 is 0 Å². The van der Waals surface area contributed by atoms with Gasteiger partial charge in [0.05, 0.1) is 6.61 Å². The molecule has 5 heteroatoms. The van der Waals surface area contributed by atoms with Gasteiger partial charge >= 0.3 is 0 Å². The van der Waals surface area contributed by atoms with Crippen molar-refractivity contribution in [1.82, 2.24) is 5.32 Å². The first-order chi connectivity index (χ1) is 8.17. The SMILES string of the molecule is O=C(COc1cc(F)cc(CO)c1)NC1CC1. The third-order valence-electron chi connectivity index (χ3n) is 2.43. The van der Waals surface area contributed by atoms with Crippen LogP contribution in [0, 0.1) is 5.82 Å². The fourth-order valence-electron chi connectivity index (χ4n) is 1.44. The summed E-state index contributed by atoms with van der Waals surface area (Å²) in [5, 5.41) is 11.6. The molecule has 0 unspecified atom stereocenters. The molecule has 0 aromatic heterocycles. The molecule has 1 aromatic carbocycles. The van der Waals surface area contributed by atoms with Crippen LogP contribution in [0.1, 0.15) is 18.4 Å². The molecule has 0 bridgehead atoms. The zero-order chi connectivity index (χ0) is 12.3. The maximum absolute atomic E-state index is 13.1. The molecule has 0 atom stereocenters. The first-order valence-electron chi connectivity index (χ1n) is 5.50. The maximum Gasteiger partial charge on any atom is 0.258 e. The standard InChI is InChI=1S/C12H14FNO3/c13-9-3-8(6-15)4-11(5-9)17-7-12(16)14-10-1-2-10/h3-5,10,15H,1-2,6-7H2,(H,14,16). The number of halogens is 1. The van der Waals surface area contributed by atoms with Crippen molar-refractivity contribution in [3.05, 3.63) is 29.6 Å². The predicted octanol–water partition coefficient (Wildman–Crippen LogP) is 0.975. The average molecular weight is 239 g/mol. The van der Waals surface area contributed by atoms with E-state index in [9.17, 15) is 9.18 Å². The molecule has 1 aliphatic carbocycles. The Hall–Kier alpha value is -1.62. The van der Waals surface area contributed by atoms with Gasteiger partial charge in [-0.25, -0.2) is 4.39 Å². The molecule has 1 amide bonds. The summed E-state index contributed by atoms with van der Waals surface area (Å²) < 4.78 is 18.2. The maximum atomic E-state index is 13.1. The predicted molar refractivity (Wildman–Crippen MR) is 59.0 cm³/mol. The number of aliphatic hydroxyl groups excluding tert-OH is 1. The molecule has 1 fully saturated rings. The highest BCUT2D eigenvalue weighted by atomic mass is 19.1. The van der Waals surface area contributed by atoms with Gasteiger partial charge < -0.3 is 15.2 Å². The first kappa shape index (κ1) is 11.9. The third kappa shape index (κ3) is 3.71.